The van der Waals surface area contributed by atoms with Crippen molar-refractivity contribution in [2.24, 2.45) is 0 Å². The molecule has 2 N–H and O–H groups in total. The number of nitrogens with one attached hydrogen (secondary N) is 2. The van der Waals surface area contributed by atoms with Crippen LogP contribution in [0.4, 0.5) is 21.0 Å². The Labute approximate surface area is 195 Å². The average Bonchev–Trinajstić information content (AvgIpc) is 2.72. The summed E-state index contributed by atoms with van der Waals surface area (Å²) in [4.78, 5) is 34.8. The summed E-state index contributed by atoms with van der Waals surface area (Å²) in [6.07, 6.45) is 0.424. The van der Waals surface area contributed by atoms with Crippen LogP contribution in [-0.4, -0.2) is 40.0 Å². The third kappa shape index (κ3) is 7.14. The number of hydrogen-bond donors (Lipinski definition) is 2. The van der Waals surface area contributed by atoms with Crippen molar-refractivity contribution >= 4 is 35.2 Å². The molecule has 0 aliphatic carbocycles. The minimum Gasteiger partial charge on any atom is -0.453 e. The number of hydrogen-bond acceptors (Lipinski definition) is 8. The highest BCUT2D eigenvalue weighted by Gasteiger charge is 2.24. The lowest BCUT2D eigenvalue weighted by Gasteiger charge is -2.23. The topological polar surface area (TPSA) is 146 Å². The zero-order chi connectivity index (χ0) is 24.8. The predicted octanol–water partition coefficient (Wildman–Crippen LogP) is 5.03. The van der Waals surface area contributed by atoms with Crippen molar-refractivity contribution < 1.29 is 24.0 Å². The molecular formula is C21H24ClN5O6. The Morgan fingerprint density at radius 3 is 2.52 bits per heavy atom. The van der Waals surface area contributed by atoms with E-state index in [1.807, 2.05) is 0 Å². The van der Waals surface area contributed by atoms with E-state index >= 15 is 0 Å². The summed E-state index contributed by atoms with van der Waals surface area (Å²) in [6, 6.07) is 4.87. The molecule has 0 saturated heterocycles. The molecule has 2 rings (SSSR count). The quantitative estimate of drug-likeness (QED) is 0.321. The third-order valence-corrected chi connectivity index (χ3v) is 4.41. The van der Waals surface area contributed by atoms with Gasteiger partial charge in [0.1, 0.15) is 5.60 Å². The standard InChI is InChI=1S/C21H24ClN5O6/c1-6-7-15(24-20(29)33-21(2,3)4)16-11-14(18(22)26-25-16)13-9-8-12(23-19(28)32-5)10-17(13)27(30)31/h6,8-11,15H,1,7H2,2-5H3,(H,23,28)(H,24,29). The summed E-state index contributed by atoms with van der Waals surface area (Å²) >= 11 is 6.21. The molecule has 2 aromatic rings. The van der Waals surface area contributed by atoms with Crippen molar-refractivity contribution in [2.75, 3.05) is 12.4 Å². The molecule has 0 spiro atoms. The van der Waals surface area contributed by atoms with E-state index in [2.05, 4.69) is 32.1 Å². The summed E-state index contributed by atoms with van der Waals surface area (Å²) in [7, 11) is 1.17. The molecular weight excluding hydrogens is 454 g/mol. The van der Waals surface area contributed by atoms with Crippen molar-refractivity contribution in [1.29, 1.82) is 0 Å². The van der Waals surface area contributed by atoms with Gasteiger partial charge >= 0.3 is 12.2 Å². The fraction of sp³-hybridized carbons (Fsp3) is 0.333. The maximum absolute atomic E-state index is 12.3. The summed E-state index contributed by atoms with van der Waals surface area (Å²) in [5, 5.41) is 24.6. The summed E-state index contributed by atoms with van der Waals surface area (Å²) in [5.74, 6) is 0. The predicted molar refractivity (Wildman–Crippen MR) is 122 cm³/mol. The zero-order valence-electron chi connectivity index (χ0n) is 18.5. The van der Waals surface area contributed by atoms with E-state index in [4.69, 9.17) is 16.3 Å². The highest BCUT2D eigenvalue weighted by molar-refractivity contribution is 6.32. The first-order valence-electron chi connectivity index (χ1n) is 9.72. The highest BCUT2D eigenvalue weighted by atomic mass is 35.5. The molecule has 0 aliphatic heterocycles. The SMILES string of the molecule is C=CCC(NC(=O)OC(C)(C)C)c1cc(-c2ccc(NC(=O)OC)cc2[N+](=O)[O-])c(Cl)nn1. The molecule has 12 heteroatoms. The van der Waals surface area contributed by atoms with Crippen molar-refractivity contribution in [3.63, 3.8) is 0 Å². The number of carbonyl (C=O) groups is 2. The second-order valence-electron chi connectivity index (χ2n) is 7.80. The van der Waals surface area contributed by atoms with E-state index in [-0.39, 0.29) is 27.7 Å². The maximum atomic E-state index is 12.3. The lowest BCUT2D eigenvalue weighted by molar-refractivity contribution is -0.384. The van der Waals surface area contributed by atoms with Crippen LogP contribution in [0.3, 0.4) is 0 Å². The van der Waals surface area contributed by atoms with Crippen LogP contribution in [0.15, 0.2) is 36.9 Å². The third-order valence-electron chi connectivity index (χ3n) is 4.13. The van der Waals surface area contributed by atoms with E-state index in [0.29, 0.717) is 12.1 Å². The molecule has 1 atom stereocenters. The van der Waals surface area contributed by atoms with Crippen LogP contribution in [-0.2, 0) is 9.47 Å². The zero-order valence-corrected chi connectivity index (χ0v) is 19.3. The Morgan fingerprint density at radius 1 is 1.24 bits per heavy atom. The minimum absolute atomic E-state index is 0.0786. The number of anilines is 1. The van der Waals surface area contributed by atoms with E-state index in [1.165, 1.54) is 31.4 Å². The highest BCUT2D eigenvalue weighted by Crippen LogP contribution is 2.36. The van der Waals surface area contributed by atoms with Gasteiger partial charge in [0.2, 0.25) is 0 Å². The molecule has 0 bridgehead atoms. The smallest absolute Gasteiger partial charge is 0.411 e. The Kier molecular flexibility index (Phi) is 8.30. The van der Waals surface area contributed by atoms with Gasteiger partial charge in [0.05, 0.1) is 35.0 Å². The number of methoxy groups -OCH3 is 1. The Hall–Kier alpha value is -3.73. The molecule has 1 aromatic carbocycles. The average molecular weight is 478 g/mol. The van der Waals surface area contributed by atoms with Crippen LogP contribution in [0.5, 0.6) is 0 Å². The summed E-state index contributed by atoms with van der Waals surface area (Å²) < 4.78 is 9.79. The number of benzene rings is 1. The van der Waals surface area contributed by atoms with Gasteiger partial charge in [-0.3, -0.25) is 15.4 Å². The molecule has 11 nitrogen and oxygen atoms in total. The van der Waals surface area contributed by atoms with Gasteiger partial charge in [0, 0.05) is 11.6 Å². The summed E-state index contributed by atoms with van der Waals surface area (Å²) in [5.41, 5.74) is -0.215. The maximum Gasteiger partial charge on any atom is 0.411 e. The molecule has 1 unspecified atom stereocenters. The van der Waals surface area contributed by atoms with Crippen LogP contribution in [0, 0.1) is 10.1 Å². The van der Waals surface area contributed by atoms with Crippen molar-refractivity contribution in [3.05, 3.63) is 57.9 Å². The van der Waals surface area contributed by atoms with Crippen LogP contribution in [0.2, 0.25) is 5.15 Å². The van der Waals surface area contributed by atoms with Gasteiger partial charge in [-0.1, -0.05) is 17.7 Å². The minimum atomic E-state index is -0.775. The number of rotatable bonds is 7. The number of nitrogens with zero attached hydrogens (tertiary/aromatic N) is 3. The number of alkyl carbamates (subject to hydrolysis) is 1. The first-order chi connectivity index (χ1) is 15.4. The largest absolute Gasteiger partial charge is 0.453 e. The van der Waals surface area contributed by atoms with E-state index in [0.717, 1.165) is 0 Å². The lowest BCUT2D eigenvalue weighted by Crippen LogP contribution is -2.35. The van der Waals surface area contributed by atoms with Crippen LogP contribution < -0.4 is 10.6 Å². The number of aromatic nitrogens is 2. The Balaban J connectivity index is 2.48. The normalized spacial score (nSPS) is 11.8. The number of nitro groups is 1. The molecule has 0 aliphatic rings. The number of amides is 2. The Bertz CT molecular complexity index is 1070. The molecule has 0 saturated carbocycles. The van der Waals surface area contributed by atoms with Crippen LogP contribution >= 0.6 is 11.6 Å². The van der Waals surface area contributed by atoms with Crippen molar-refractivity contribution in [2.45, 2.75) is 38.8 Å². The van der Waals surface area contributed by atoms with Gasteiger partial charge in [-0.2, -0.15) is 5.10 Å². The van der Waals surface area contributed by atoms with Gasteiger partial charge in [-0.05, 0) is 45.4 Å². The van der Waals surface area contributed by atoms with Crippen molar-refractivity contribution in [1.82, 2.24) is 15.5 Å². The first kappa shape index (κ1) is 25.5. The van der Waals surface area contributed by atoms with Gasteiger partial charge < -0.3 is 14.8 Å². The fourth-order valence-corrected chi connectivity index (χ4v) is 2.97. The molecule has 0 fully saturated rings. The summed E-state index contributed by atoms with van der Waals surface area (Å²) in [6.45, 7) is 8.87. The number of ether oxygens (including phenoxy) is 2. The molecule has 1 heterocycles. The van der Waals surface area contributed by atoms with Crippen LogP contribution in [0.25, 0.3) is 11.1 Å². The second-order valence-corrected chi connectivity index (χ2v) is 8.16. The number of halogens is 1. The molecule has 1 aromatic heterocycles. The second kappa shape index (κ2) is 10.7. The number of nitro benzene ring substituents is 1. The van der Waals surface area contributed by atoms with E-state index in [9.17, 15) is 19.7 Å². The van der Waals surface area contributed by atoms with Gasteiger partial charge in [-0.25, -0.2) is 9.59 Å². The number of carbonyl (C=O) groups excluding carboxylic acids is 2. The molecule has 0 radical (unpaired) electrons. The molecule has 176 valence electrons. The molecule has 2 amide bonds. The van der Waals surface area contributed by atoms with Gasteiger partial charge in [-0.15, -0.1) is 11.7 Å². The van der Waals surface area contributed by atoms with Crippen LogP contribution in [0.1, 0.15) is 38.9 Å². The van der Waals surface area contributed by atoms with Crippen molar-refractivity contribution in [3.8, 4) is 11.1 Å². The van der Waals surface area contributed by atoms with Gasteiger partial charge in [0.25, 0.3) is 5.69 Å². The van der Waals surface area contributed by atoms with Gasteiger partial charge in [0.15, 0.2) is 5.15 Å². The monoisotopic (exact) mass is 477 g/mol. The van der Waals surface area contributed by atoms with E-state index in [1.54, 1.807) is 26.8 Å². The fourth-order valence-electron chi connectivity index (χ4n) is 2.78. The molecule has 33 heavy (non-hydrogen) atoms. The Morgan fingerprint density at radius 2 is 1.94 bits per heavy atom. The lowest BCUT2D eigenvalue weighted by atomic mass is 10.0. The van der Waals surface area contributed by atoms with E-state index < -0.39 is 28.8 Å². The first-order valence-corrected chi connectivity index (χ1v) is 10.1.